The van der Waals surface area contributed by atoms with Crippen molar-refractivity contribution in [3.8, 4) is 0 Å². The molecule has 1 aromatic rings. The van der Waals surface area contributed by atoms with Crippen molar-refractivity contribution in [1.29, 1.82) is 0 Å². The molecule has 1 aromatic carbocycles. The Morgan fingerprint density at radius 3 is 2.23 bits per heavy atom. The highest BCUT2D eigenvalue weighted by Crippen LogP contribution is 2.65. The van der Waals surface area contributed by atoms with Gasteiger partial charge in [-0.25, -0.2) is 4.90 Å². The van der Waals surface area contributed by atoms with Crippen molar-refractivity contribution >= 4 is 29.1 Å². The zero-order chi connectivity index (χ0) is 15.2. The number of rotatable bonds is 1. The van der Waals surface area contributed by atoms with E-state index in [1.54, 1.807) is 12.1 Å². The van der Waals surface area contributed by atoms with Gasteiger partial charge in [0.15, 0.2) is 0 Å². The summed E-state index contributed by atoms with van der Waals surface area (Å²) in [6.45, 7) is 1.87. The summed E-state index contributed by atoms with van der Waals surface area (Å²) < 4.78 is 0. The number of benzene rings is 1. The third-order valence-electron chi connectivity index (χ3n) is 6.14. The number of amides is 2. The third-order valence-corrected chi connectivity index (χ3v) is 6.55. The van der Waals surface area contributed by atoms with Crippen LogP contribution in [0.2, 0.25) is 5.02 Å². The second-order valence-electron chi connectivity index (χ2n) is 7.05. The van der Waals surface area contributed by atoms with Crippen LogP contribution >= 0.6 is 11.6 Å². The van der Waals surface area contributed by atoms with Gasteiger partial charge in [0, 0.05) is 5.02 Å². The number of hydrogen-bond acceptors (Lipinski definition) is 2. The van der Waals surface area contributed by atoms with Gasteiger partial charge in [0.2, 0.25) is 11.8 Å². The van der Waals surface area contributed by atoms with Crippen molar-refractivity contribution < 1.29 is 9.59 Å². The minimum absolute atomic E-state index is 0.0231. The van der Waals surface area contributed by atoms with Crippen molar-refractivity contribution in [3.63, 3.8) is 0 Å². The molecule has 0 radical (unpaired) electrons. The van der Waals surface area contributed by atoms with E-state index in [4.69, 9.17) is 11.6 Å². The second-order valence-corrected chi connectivity index (χ2v) is 7.46. The predicted molar refractivity (Wildman–Crippen MR) is 83.4 cm³/mol. The molecule has 1 heterocycles. The fourth-order valence-corrected chi connectivity index (χ4v) is 5.20. The predicted octanol–water partition coefficient (Wildman–Crippen LogP) is 3.21. The maximum Gasteiger partial charge on any atom is 0.238 e. The molecule has 4 aliphatic carbocycles. The molecule has 3 nitrogen and oxygen atoms in total. The number of anilines is 1. The van der Waals surface area contributed by atoms with E-state index in [-0.39, 0.29) is 35.5 Å². The van der Waals surface area contributed by atoms with Crippen LogP contribution in [0.15, 0.2) is 30.4 Å². The van der Waals surface area contributed by atoms with Crippen molar-refractivity contribution in [1.82, 2.24) is 0 Å². The summed E-state index contributed by atoms with van der Waals surface area (Å²) >= 11 is 6.18. The normalized spacial score (nSPS) is 40.9. The van der Waals surface area contributed by atoms with Crippen LogP contribution in [0.4, 0.5) is 5.69 Å². The minimum atomic E-state index is -0.148. The topological polar surface area (TPSA) is 37.4 Å². The van der Waals surface area contributed by atoms with E-state index in [9.17, 15) is 9.59 Å². The van der Waals surface area contributed by atoms with E-state index in [0.29, 0.717) is 22.5 Å². The van der Waals surface area contributed by atoms with Gasteiger partial charge in [0.1, 0.15) is 0 Å². The summed E-state index contributed by atoms with van der Waals surface area (Å²) in [5, 5.41) is 0.594. The Hall–Kier alpha value is -1.61. The molecule has 6 atom stereocenters. The molecule has 1 saturated heterocycles. The molecule has 2 amide bonds. The molecule has 5 aliphatic rings. The molecule has 2 bridgehead atoms. The lowest BCUT2D eigenvalue weighted by Gasteiger charge is -2.37. The van der Waals surface area contributed by atoms with E-state index in [0.717, 1.165) is 5.56 Å². The van der Waals surface area contributed by atoms with E-state index >= 15 is 0 Å². The first kappa shape index (κ1) is 12.9. The maximum atomic E-state index is 13.0. The van der Waals surface area contributed by atoms with Gasteiger partial charge in [-0.3, -0.25) is 9.59 Å². The molecule has 4 heteroatoms. The smallest absolute Gasteiger partial charge is 0.238 e. The van der Waals surface area contributed by atoms with Gasteiger partial charge >= 0.3 is 0 Å². The average Bonchev–Trinajstić information content (AvgIpc) is 3.28. The summed E-state index contributed by atoms with van der Waals surface area (Å²) in [4.78, 5) is 27.4. The Labute approximate surface area is 133 Å². The molecule has 112 valence electrons. The minimum Gasteiger partial charge on any atom is -0.274 e. The van der Waals surface area contributed by atoms with Crippen molar-refractivity contribution in [2.45, 2.75) is 13.3 Å². The lowest BCUT2D eigenvalue weighted by molar-refractivity contribution is -0.124. The molecule has 0 spiro atoms. The summed E-state index contributed by atoms with van der Waals surface area (Å²) in [6.07, 6.45) is 5.57. The maximum absolute atomic E-state index is 13.0. The molecule has 1 aliphatic heterocycles. The molecule has 2 saturated carbocycles. The van der Waals surface area contributed by atoms with Crippen LogP contribution in [0.5, 0.6) is 0 Å². The molecular formula is C18H16ClNO2. The van der Waals surface area contributed by atoms with E-state index in [2.05, 4.69) is 12.2 Å². The van der Waals surface area contributed by atoms with E-state index in [1.807, 2.05) is 13.0 Å². The Morgan fingerprint density at radius 2 is 1.64 bits per heavy atom. The molecule has 22 heavy (non-hydrogen) atoms. The van der Waals surface area contributed by atoms with Crippen LogP contribution < -0.4 is 4.90 Å². The van der Waals surface area contributed by atoms with Gasteiger partial charge in [0.05, 0.1) is 17.5 Å². The SMILES string of the molecule is Cc1c(Cl)cccc1N1C(=O)[C@@H]2[C@@H]3C=C[C@H]([C@@H]4C[C@H]34)[C@H]2C1=O. The second kappa shape index (κ2) is 4.02. The number of carbonyl (C=O) groups is 2. The highest BCUT2D eigenvalue weighted by Gasteiger charge is 2.67. The molecule has 6 rings (SSSR count). The van der Waals surface area contributed by atoms with Gasteiger partial charge < -0.3 is 0 Å². The van der Waals surface area contributed by atoms with Gasteiger partial charge in [-0.15, -0.1) is 0 Å². The first-order chi connectivity index (χ1) is 10.6. The van der Waals surface area contributed by atoms with Crippen LogP contribution in [0, 0.1) is 42.4 Å². The van der Waals surface area contributed by atoms with Crippen molar-refractivity contribution in [3.05, 3.63) is 40.9 Å². The molecular weight excluding hydrogens is 298 g/mol. The summed E-state index contributed by atoms with van der Waals surface area (Å²) in [5.74, 6) is 1.45. The fourth-order valence-electron chi connectivity index (χ4n) is 5.03. The van der Waals surface area contributed by atoms with Crippen LogP contribution in [0.3, 0.4) is 0 Å². The number of allylic oxidation sites excluding steroid dienone is 2. The average molecular weight is 314 g/mol. The third kappa shape index (κ3) is 1.38. The Morgan fingerprint density at radius 1 is 1.05 bits per heavy atom. The molecule has 0 unspecified atom stereocenters. The van der Waals surface area contributed by atoms with Gasteiger partial charge in [-0.05, 0) is 54.7 Å². The van der Waals surface area contributed by atoms with Gasteiger partial charge in [0.25, 0.3) is 0 Å². The highest BCUT2D eigenvalue weighted by molar-refractivity contribution is 6.32. The van der Waals surface area contributed by atoms with Crippen molar-refractivity contribution in [2.75, 3.05) is 4.90 Å². The number of carbonyl (C=O) groups excluding carboxylic acids is 2. The quantitative estimate of drug-likeness (QED) is 0.590. The first-order valence-corrected chi connectivity index (χ1v) is 8.28. The number of halogens is 1. The summed E-state index contributed by atoms with van der Waals surface area (Å²) in [5.41, 5.74) is 1.46. The Bertz CT molecular complexity index is 719. The lowest BCUT2D eigenvalue weighted by Crippen LogP contribution is -2.40. The van der Waals surface area contributed by atoms with Crippen LogP contribution in [-0.4, -0.2) is 11.8 Å². The highest BCUT2D eigenvalue weighted by atomic mass is 35.5. The van der Waals surface area contributed by atoms with Crippen LogP contribution in [-0.2, 0) is 9.59 Å². The zero-order valence-corrected chi connectivity index (χ0v) is 13.0. The molecule has 0 N–H and O–H groups in total. The van der Waals surface area contributed by atoms with Crippen molar-refractivity contribution in [2.24, 2.45) is 35.5 Å². The van der Waals surface area contributed by atoms with Gasteiger partial charge in [-0.2, -0.15) is 0 Å². The van der Waals surface area contributed by atoms with E-state index < -0.39 is 0 Å². The molecule has 3 fully saturated rings. The first-order valence-electron chi connectivity index (χ1n) is 7.91. The number of nitrogens with zero attached hydrogens (tertiary/aromatic N) is 1. The summed E-state index contributed by atoms with van der Waals surface area (Å²) in [6, 6.07) is 5.42. The Kier molecular flexibility index (Phi) is 2.35. The monoisotopic (exact) mass is 313 g/mol. The largest absolute Gasteiger partial charge is 0.274 e. The lowest BCUT2D eigenvalue weighted by atomic mass is 9.63. The number of imide groups is 1. The van der Waals surface area contributed by atoms with Crippen LogP contribution in [0.1, 0.15) is 12.0 Å². The van der Waals surface area contributed by atoms with Gasteiger partial charge in [-0.1, -0.05) is 29.8 Å². The zero-order valence-electron chi connectivity index (χ0n) is 12.2. The van der Waals surface area contributed by atoms with E-state index in [1.165, 1.54) is 11.3 Å². The standard InChI is InChI=1S/C18H16ClNO2/c1-8-13(19)3-2-4-14(8)20-17(21)15-9-5-6-10(12-7-11(9)12)16(15)18(20)22/h2-6,9-12,15-16H,7H2,1H3/t9-,10-,11-,12+,15-,16-/m1/s1. The summed E-state index contributed by atoms with van der Waals surface area (Å²) in [7, 11) is 0. The Balaban J connectivity index is 1.62. The fraction of sp³-hybridized carbons (Fsp3) is 0.444. The number of hydrogen-bond donors (Lipinski definition) is 0. The molecule has 0 aromatic heterocycles. The van der Waals surface area contributed by atoms with Crippen LogP contribution in [0.25, 0.3) is 0 Å².